The van der Waals surface area contributed by atoms with Crippen LogP contribution in [0.2, 0.25) is 0 Å². The largest absolute Gasteiger partial charge is 0.338 e. The number of likely N-dealkylation sites (N-methyl/N-ethyl adjacent to an activating group) is 1. The van der Waals surface area contributed by atoms with E-state index in [9.17, 15) is 4.79 Å². The minimum atomic E-state index is 0.302. The molecule has 1 amide bonds. The first-order valence-corrected chi connectivity index (χ1v) is 10.1. The number of thiophene rings is 1. The average molecular weight is 352 g/mol. The molecule has 1 fully saturated rings. The summed E-state index contributed by atoms with van der Waals surface area (Å²) in [5, 5.41) is 4.23. The van der Waals surface area contributed by atoms with Crippen molar-refractivity contribution < 1.29 is 4.79 Å². The Bertz CT molecular complexity index is 481. The monoisotopic (exact) mass is 351 g/mol. The molecule has 0 spiro atoms. The van der Waals surface area contributed by atoms with Gasteiger partial charge in [0.25, 0.3) is 0 Å². The van der Waals surface area contributed by atoms with Gasteiger partial charge >= 0.3 is 0 Å². The van der Waals surface area contributed by atoms with Crippen molar-refractivity contribution in [2.45, 2.75) is 46.2 Å². The predicted molar refractivity (Wildman–Crippen MR) is 102 cm³/mol. The molecule has 136 valence electrons. The van der Waals surface area contributed by atoms with E-state index in [2.05, 4.69) is 54.4 Å². The van der Waals surface area contributed by atoms with Crippen LogP contribution in [-0.4, -0.2) is 66.4 Å². The normalized spacial score (nSPS) is 18.0. The predicted octanol–water partition coefficient (Wildman–Crippen LogP) is 3.15. The Hall–Kier alpha value is -0.910. The van der Waals surface area contributed by atoms with E-state index in [4.69, 9.17) is 0 Å². The van der Waals surface area contributed by atoms with Crippen LogP contribution in [0.5, 0.6) is 0 Å². The van der Waals surface area contributed by atoms with Crippen molar-refractivity contribution in [2.75, 3.05) is 39.8 Å². The van der Waals surface area contributed by atoms with Gasteiger partial charge in [0.2, 0.25) is 5.91 Å². The third-order valence-corrected chi connectivity index (χ3v) is 5.56. The zero-order valence-corrected chi connectivity index (χ0v) is 16.5. The van der Waals surface area contributed by atoms with Crippen LogP contribution in [0.3, 0.4) is 0 Å². The molecule has 0 unspecified atom stereocenters. The SMILES string of the molecule is CC(C)CN(Cc1ccsc1)C(=O)CC[C@H](C)N1CCN(C)CC1. The van der Waals surface area contributed by atoms with Crippen molar-refractivity contribution in [1.82, 2.24) is 14.7 Å². The van der Waals surface area contributed by atoms with Gasteiger partial charge < -0.3 is 9.80 Å². The van der Waals surface area contributed by atoms with Gasteiger partial charge in [0.1, 0.15) is 0 Å². The van der Waals surface area contributed by atoms with E-state index in [1.807, 2.05) is 4.90 Å². The molecule has 0 bridgehead atoms. The molecular weight excluding hydrogens is 318 g/mol. The van der Waals surface area contributed by atoms with Crippen molar-refractivity contribution in [2.24, 2.45) is 5.92 Å². The number of nitrogens with zero attached hydrogens (tertiary/aromatic N) is 3. The van der Waals surface area contributed by atoms with Gasteiger partial charge in [-0.05, 0) is 48.7 Å². The third-order valence-electron chi connectivity index (χ3n) is 4.83. The van der Waals surface area contributed by atoms with Crippen LogP contribution in [-0.2, 0) is 11.3 Å². The molecule has 24 heavy (non-hydrogen) atoms. The maximum Gasteiger partial charge on any atom is 0.222 e. The molecule has 1 atom stereocenters. The fourth-order valence-electron chi connectivity index (χ4n) is 3.23. The molecule has 0 N–H and O–H groups in total. The van der Waals surface area contributed by atoms with Crippen molar-refractivity contribution in [1.29, 1.82) is 0 Å². The molecule has 1 aromatic heterocycles. The lowest BCUT2D eigenvalue weighted by atomic mass is 10.1. The molecule has 1 saturated heterocycles. The number of carbonyl (C=O) groups excluding carboxylic acids is 1. The van der Waals surface area contributed by atoms with Gasteiger partial charge in [-0.15, -0.1) is 0 Å². The summed E-state index contributed by atoms with van der Waals surface area (Å²) in [6.45, 7) is 12.7. The van der Waals surface area contributed by atoms with Gasteiger partial charge in [-0.25, -0.2) is 0 Å². The summed E-state index contributed by atoms with van der Waals surface area (Å²) in [5.41, 5.74) is 1.25. The minimum absolute atomic E-state index is 0.302. The van der Waals surface area contributed by atoms with Gasteiger partial charge in [0, 0.05) is 51.7 Å². The second-order valence-electron chi connectivity index (χ2n) is 7.53. The highest BCUT2D eigenvalue weighted by atomic mass is 32.1. The summed E-state index contributed by atoms with van der Waals surface area (Å²) >= 11 is 1.70. The minimum Gasteiger partial charge on any atom is -0.338 e. The molecule has 5 heteroatoms. The molecule has 2 heterocycles. The number of hydrogen-bond acceptors (Lipinski definition) is 4. The number of amides is 1. The Morgan fingerprint density at radius 1 is 1.25 bits per heavy atom. The van der Waals surface area contributed by atoms with Crippen LogP contribution in [0.15, 0.2) is 16.8 Å². The molecular formula is C19H33N3OS. The van der Waals surface area contributed by atoms with Gasteiger partial charge in [-0.3, -0.25) is 9.69 Å². The maximum absolute atomic E-state index is 12.7. The van der Waals surface area contributed by atoms with Crippen LogP contribution in [0.25, 0.3) is 0 Å². The second kappa shape index (κ2) is 9.54. The highest BCUT2D eigenvalue weighted by molar-refractivity contribution is 7.07. The zero-order valence-electron chi connectivity index (χ0n) is 15.7. The molecule has 0 aromatic carbocycles. The second-order valence-corrected chi connectivity index (χ2v) is 8.31. The number of hydrogen-bond donors (Lipinski definition) is 0. The average Bonchev–Trinajstić information content (AvgIpc) is 3.05. The lowest BCUT2D eigenvalue weighted by molar-refractivity contribution is -0.132. The van der Waals surface area contributed by atoms with Crippen molar-refractivity contribution in [3.63, 3.8) is 0 Å². The van der Waals surface area contributed by atoms with Crippen LogP contribution in [0.4, 0.5) is 0 Å². The molecule has 2 rings (SSSR count). The fraction of sp³-hybridized carbons (Fsp3) is 0.737. The topological polar surface area (TPSA) is 26.8 Å². The van der Waals surface area contributed by atoms with Gasteiger partial charge in [-0.2, -0.15) is 11.3 Å². The van der Waals surface area contributed by atoms with Gasteiger partial charge in [0.05, 0.1) is 0 Å². The summed E-state index contributed by atoms with van der Waals surface area (Å²) in [6.07, 6.45) is 1.62. The highest BCUT2D eigenvalue weighted by Gasteiger charge is 2.21. The van der Waals surface area contributed by atoms with Crippen molar-refractivity contribution >= 4 is 17.2 Å². The van der Waals surface area contributed by atoms with E-state index in [0.717, 1.165) is 45.7 Å². The van der Waals surface area contributed by atoms with E-state index in [-0.39, 0.29) is 0 Å². The van der Waals surface area contributed by atoms with E-state index in [1.54, 1.807) is 11.3 Å². The van der Waals surface area contributed by atoms with E-state index < -0.39 is 0 Å². The van der Waals surface area contributed by atoms with E-state index in [1.165, 1.54) is 5.56 Å². The summed E-state index contributed by atoms with van der Waals surface area (Å²) < 4.78 is 0. The van der Waals surface area contributed by atoms with Crippen LogP contribution < -0.4 is 0 Å². The fourth-order valence-corrected chi connectivity index (χ4v) is 3.89. The molecule has 0 saturated carbocycles. The molecule has 1 aromatic rings. The van der Waals surface area contributed by atoms with Gasteiger partial charge in [-0.1, -0.05) is 13.8 Å². The first-order valence-electron chi connectivity index (χ1n) is 9.17. The number of rotatable bonds is 8. The zero-order chi connectivity index (χ0) is 17.5. The Labute approximate surface area is 151 Å². The standard InChI is InChI=1S/C19H33N3OS/c1-16(2)13-22(14-18-7-12-24-15-18)19(23)6-5-17(3)21-10-8-20(4)9-11-21/h7,12,15-17H,5-6,8-11,13-14H2,1-4H3/t17-/m0/s1. The quantitative estimate of drug-likeness (QED) is 0.720. The smallest absolute Gasteiger partial charge is 0.222 e. The molecule has 1 aliphatic heterocycles. The summed E-state index contributed by atoms with van der Waals surface area (Å²) in [5.74, 6) is 0.804. The molecule has 0 aliphatic carbocycles. The Balaban J connectivity index is 1.82. The number of carbonyl (C=O) groups is 1. The van der Waals surface area contributed by atoms with E-state index >= 15 is 0 Å². The van der Waals surface area contributed by atoms with Crippen LogP contribution >= 0.6 is 11.3 Å². The first kappa shape index (κ1) is 19.4. The summed E-state index contributed by atoms with van der Waals surface area (Å²) in [7, 11) is 2.18. The lowest BCUT2D eigenvalue weighted by Crippen LogP contribution is -2.48. The first-order chi connectivity index (χ1) is 11.5. The highest BCUT2D eigenvalue weighted by Crippen LogP contribution is 2.15. The Kier molecular flexibility index (Phi) is 7.72. The van der Waals surface area contributed by atoms with Crippen LogP contribution in [0.1, 0.15) is 39.2 Å². The maximum atomic E-state index is 12.7. The summed E-state index contributed by atoms with van der Waals surface area (Å²) in [6, 6.07) is 2.61. The summed E-state index contributed by atoms with van der Waals surface area (Å²) in [4.78, 5) is 19.7. The Morgan fingerprint density at radius 3 is 2.54 bits per heavy atom. The van der Waals surface area contributed by atoms with Crippen molar-refractivity contribution in [3.05, 3.63) is 22.4 Å². The van der Waals surface area contributed by atoms with E-state index in [0.29, 0.717) is 24.3 Å². The Morgan fingerprint density at radius 2 is 1.96 bits per heavy atom. The third kappa shape index (κ3) is 6.19. The molecule has 0 radical (unpaired) electrons. The van der Waals surface area contributed by atoms with Crippen LogP contribution in [0, 0.1) is 5.92 Å². The number of piperazine rings is 1. The molecule has 1 aliphatic rings. The van der Waals surface area contributed by atoms with Gasteiger partial charge in [0.15, 0.2) is 0 Å². The molecule has 4 nitrogen and oxygen atoms in total. The lowest BCUT2D eigenvalue weighted by Gasteiger charge is -2.36. The van der Waals surface area contributed by atoms with Crippen molar-refractivity contribution in [3.8, 4) is 0 Å².